The van der Waals surface area contributed by atoms with Gasteiger partial charge in [0.2, 0.25) is 10.0 Å². The van der Waals surface area contributed by atoms with E-state index in [1.54, 1.807) is 0 Å². The molecule has 0 spiro atoms. The molecule has 90 valence electrons. The first-order valence-electron chi connectivity index (χ1n) is 5.25. The molecule has 0 amide bonds. The van der Waals surface area contributed by atoms with Crippen LogP contribution in [-0.4, -0.2) is 58.4 Å². The fourth-order valence-electron chi connectivity index (χ4n) is 1.64. The third-order valence-electron chi connectivity index (χ3n) is 2.51. The molecular formula is C9H20N2O3S. The number of likely N-dealkylation sites (N-methyl/N-ethyl adjacent to an activating group) is 1. The summed E-state index contributed by atoms with van der Waals surface area (Å²) in [4.78, 5) is 0. The molecule has 1 atom stereocenters. The topological polar surface area (TPSA) is 58.6 Å². The number of nitrogens with zero attached hydrogens (tertiary/aromatic N) is 1. The van der Waals surface area contributed by atoms with Crippen LogP contribution >= 0.6 is 0 Å². The van der Waals surface area contributed by atoms with Crippen LogP contribution in [0, 0.1) is 0 Å². The van der Waals surface area contributed by atoms with Gasteiger partial charge in [0.05, 0.1) is 12.4 Å². The second-order valence-corrected chi connectivity index (χ2v) is 5.84. The maximum absolute atomic E-state index is 11.5. The minimum Gasteiger partial charge on any atom is -0.377 e. The number of ether oxygens (including phenoxy) is 1. The van der Waals surface area contributed by atoms with Crippen LogP contribution in [0.25, 0.3) is 0 Å². The van der Waals surface area contributed by atoms with Crippen LogP contribution in [0.15, 0.2) is 0 Å². The molecule has 0 saturated carbocycles. The molecule has 0 aromatic heterocycles. The van der Waals surface area contributed by atoms with Gasteiger partial charge in [0.1, 0.15) is 0 Å². The summed E-state index contributed by atoms with van der Waals surface area (Å²) >= 11 is 0. The Labute approximate surface area is 91.8 Å². The van der Waals surface area contributed by atoms with Gasteiger partial charge >= 0.3 is 0 Å². The second kappa shape index (κ2) is 5.79. The van der Waals surface area contributed by atoms with Gasteiger partial charge in [-0.15, -0.1) is 0 Å². The highest BCUT2D eigenvalue weighted by molar-refractivity contribution is 7.88. The van der Waals surface area contributed by atoms with Gasteiger partial charge in [-0.05, 0) is 19.9 Å². The van der Waals surface area contributed by atoms with Gasteiger partial charge in [-0.25, -0.2) is 8.42 Å². The fraction of sp³-hybridized carbons (Fsp3) is 1.00. The van der Waals surface area contributed by atoms with Gasteiger partial charge < -0.3 is 10.1 Å². The van der Waals surface area contributed by atoms with Gasteiger partial charge in [0.25, 0.3) is 0 Å². The summed E-state index contributed by atoms with van der Waals surface area (Å²) in [6.45, 7) is 2.42. The van der Waals surface area contributed by atoms with Gasteiger partial charge in [0.15, 0.2) is 0 Å². The van der Waals surface area contributed by atoms with Gasteiger partial charge in [-0.1, -0.05) is 0 Å². The number of sulfonamides is 1. The Bertz CT molecular complexity index is 273. The lowest BCUT2D eigenvalue weighted by Gasteiger charge is -2.22. The van der Waals surface area contributed by atoms with Crippen molar-refractivity contribution in [3.63, 3.8) is 0 Å². The van der Waals surface area contributed by atoms with E-state index >= 15 is 0 Å². The van der Waals surface area contributed by atoms with Crippen molar-refractivity contribution in [1.82, 2.24) is 9.62 Å². The lowest BCUT2D eigenvalue weighted by atomic mass is 10.2. The molecule has 1 N–H and O–H groups in total. The first-order chi connectivity index (χ1) is 7.04. The van der Waals surface area contributed by atoms with Crippen LogP contribution < -0.4 is 5.32 Å². The molecule has 1 heterocycles. The Hall–Kier alpha value is -0.170. The fourth-order valence-corrected chi connectivity index (χ4v) is 2.50. The van der Waals surface area contributed by atoms with E-state index in [0.717, 1.165) is 19.4 Å². The van der Waals surface area contributed by atoms with E-state index in [-0.39, 0.29) is 6.10 Å². The highest BCUT2D eigenvalue weighted by atomic mass is 32.2. The van der Waals surface area contributed by atoms with Crippen LogP contribution in [-0.2, 0) is 14.8 Å². The van der Waals surface area contributed by atoms with Crippen LogP contribution in [0.1, 0.15) is 12.8 Å². The van der Waals surface area contributed by atoms with Crippen molar-refractivity contribution in [2.75, 3.05) is 39.5 Å². The Balaban J connectivity index is 2.48. The summed E-state index contributed by atoms with van der Waals surface area (Å²) in [5, 5.41) is 2.95. The predicted octanol–water partition coefficient (Wildman–Crippen LogP) is -0.354. The standard InChI is InChI=1S/C9H20N2O3S/c1-10-5-6-11(15(2,12)13)8-9-4-3-7-14-9/h9-10H,3-8H2,1-2H3. The van der Waals surface area contributed by atoms with Crippen molar-refractivity contribution in [1.29, 1.82) is 0 Å². The molecule has 0 radical (unpaired) electrons. The summed E-state index contributed by atoms with van der Waals surface area (Å²) in [6, 6.07) is 0. The molecule has 6 heteroatoms. The second-order valence-electron chi connectivity index (χ2n) is 3.86. The maximum atomic E-state index is 11.5. The Morgan fingerprint density at radius 2 is 2.27 bits per heavy atom. The van der Waals surface area contributed by atoms with Crippen LogP contribution in [0.2, 0.25) is 0 Å². The van der Waals surface area contributed by atoms with E-state index in [1.807, 2.05) is 7.05 Å². The Kier molecular flexibility index (Phi) is 4.98. The van der Waals surface area contributed by atoms with Crippen molar-refractivity contribution in [3.05, 3.63) is 0 Å². The first kappa shape index (κ1) is 12.9. The summed E-state index contributed by atoms with van der Waals surface area (Å²) in [5.74, 6) is 0. The molecule has 1 rings (SSSR count). The average Bonchev–Trinajstić information content (AvgIpc) is 2.62. The largest absolute Gasteiger partial charge is 0.377 e. The van der Waals surface area contributed by atoms with E-state index in [2.05, 4.69) is 5.32 Å². The molecular weight excluding hydrogens is 216 g/mol. The monoisotopic (exact) mass is 236 g/mol. The summed E-state index contributed by atoms with van der Waals surface area (Å²) in [5.41, 5.74) is 0. The molecule has 1 aliphatic rings. The molecule has 1 fully saturated rings. The third-order valence-corrected chi connectivity index (χ3v) is 3.78. The first-order valence-corrected chi connectivity index (χ1v) is 7.10. The zero-order chi connectivity index (χ0) is 11.3. The quantitative estimate of drug-likeness (QED) is 0.684. The number of rotatable bonds is 6. The third kappa shape index (κ3) is 4.46. The van der Waals surface area contributed by atoms with Crippen molar-refractivity contribution < 1.29 is 13.2 Å². The lowest BCUT2D eigenvalue weighted by Crippen LogP contribution is -2.40. The smallest absolute Gasteiger partial charge is 0.211 e. The normalized spacial score (nSPS) is 22.5. The van der Waals surface area contributed by atoms with Crippen LogP contribution in [0.3, 0.4) is 0 Å². The van der Waals surface area contributed by atoms with Crippen molar-refractivity contribution in [2.24, 2.45) is 0 Å². The Morgan fingerprint density at radius 3 is 2.73 bits per heavy atom. The van der Waals surface area contributed by atoms with Crippen molar-refractivity contribution >= 4 is 10.0 Å². The molecule has 1 aliphatic heterocycles. The molecule has 0 aliphatic carbocycles. The van der Waals surface area contributed by atoms with E-state index in [0.29, 0.717) is 19.6 Å². The SMILES string of the molecule is CNCCN(CC1CCCO1)S(C)(=O)=O. The molecule has 0 aromatic rings. The zero-order valence-corrected chi connectivity index (χ0v) is 10.2. The van der Waals surface area contributed by atoms with Gasteiger partial charge in [-0.2, -0.15) is 4.31 Å². The summed E-state index contributed by atoms with van der Waals surface area (Å²) < 4.78 is 29.9. The molecule has 5 nitrogen and oxygen atoms in total. The van der Waals surface area contributed by atoms with E-state index in [1.165, 1.54) is 10.6 Å². The highest BCUT2D eigenvalue weighted by Crippen LogP contribution is 2.14. The molecule has 1 saturated heterocycles. The minimum atomic E-state index is -3.11. The van der Waals surface area contributed by atoms with E-state index in [9.17, 15) is 8.42 Å². The van der Waals surface area contributed by atoms with Crippen LogP contribution in [0.5, 0.6) is 0 Å². The van der Waals surface area contributed by atoms with Gasteiger partial charge in [-0.3, -0.25) is 0 Å². The summed E-state index contributed by atoms with van der Waals surface area (Å²) in [6.07, 6.45) is 3.33. The van der Waals surface area contributed by atoms with Gasteiger partial charge in [0, 0.05) is 26.2 Å². The molecule has 0 bridgehead atoms. The maximum Gasteiger partial charge on any atom is 0.211 e. The summed E-state index contributed by atoms with van der Waals surface area (Å²) in [7, 11) is -1.30. The number of hydrogen-bond acceptors (Lipinski definition) is 4. The lowest BCUT2D eigenvalue weighted by molar-refractivity contribution is 0.0941. The van der Waals surface area contributed by atoms with Crippen LogP contribution in [0.4, 0.5) is 0 Å². The Morgan fingerprint density at radius 1 is 1.53 bits per heavy atom. The number of nitrogens with one attached hydrogen (secondary N) is 1. The molecule has 15 heavy (non-hydrogen) atoms. The number of hydrogen-bond donors (Lipinski definition) is 1. The van der Waals surface area contributed by atoms with Crippen molar-refractivity contribution in [2.45, 2.75) is 18.9 Å². The zero-order valence-electron chi connectivity index (χ0n) is 9.40. The predicted molar refractivity (Wildman–Crippen MR) is 59.3 cm³/mol. The average molecular weight is 236 g/mol. The van der Waals surface area contributed by atoms with Crippen molar-refractivity contribution in [3.8, 4) is 0 Å². The minimum absolute atomic E-state index is 0.0802. The van der Waals surface area contributed by atoms with E-state index in [4.69, 9.17) is 4.74 Å². The van der Waals surface area contributed by atoms with E-state index < -0.39 is 10.0 Å². The molecule has 0 aromatic carbocycles. The highest BCUT2D eigenvalue weighted by Gasteiger charge is 2.23. The molecule has 1 unspecified atom stereocenters.